The minimum absolute atomic E-state index is 0. The van der Waals surface area contributed by atoms with E-state index >= 15 is 0 Å². The van der Waals surface area contributed by atoms with Gasteiger partial charge in [0.1, 0.15) is 29.6 Å². The number of phenolic OH excluding ortho intramolecular Hbond substituents is 3. The van der Waals surface area contributed by atoms with Gasteiger partial charge in [-0.3, -0.25) is 9.59 Å². The fourth-order valence-corrected chi connectivity index (χ4v) is 3.26. The van der Waals surface area contributed by atoms with Crippen molar-refractivity contribution < 1.29 is 31.1 Å². The van der Waals surface area contributed by atoms with E-state index in [9.17, 15) is 14.7 Å². The monoisotopic (exact) mass is 567 g/mol. The van der Waals surface area contributed by atoms with Crippen molar-refractivity contribution in [3.63, 3.8) is 0 Å². The molecule has 0 saturated heterocycles. The average molecular weight is 568 g/mol. The summed E-state index contributed by atoms with van der Waals surface area (Å²) in [5.41, 5.74) is 5.24. The lowest BCUT2D eigenvalue weighted by molar-refractivity contribution is 0.111. The topological polar surface area (TPSA) is 104 Å². The number of hydrogen-bond donors (Lipinski definition) is 3. The van der Waals surface area contributed by atoms with E-state index < -0.39 is 0 Å². The zero-order valence-electron chi connectivity index (χ0n) is 20.6. The Kier molecular flexibility index (Phi) is 11.9. The second kappa shape index (κ2) is 15.1. The molecule has 0 radical (unpaired) electrons. The van der Waals surface area contributed by atoms with Crippen molar-refractivity contribution in [1.82, 2.24) is 0 Å². The molecular formula is C30H31BrO6. The van der Waals surface area contributed by atoms with Crippen molar-refractivity contribution >= 4 is 28.5 Å². The van der Waals surface area contributed by atoms with E-state index in [-0.39, 0.29) is 29.8 Å². The first-order valence-electron chi connectivity index (χ1n) is 11.3. The molecule has 37 heavy (non-hydrogen) atoms. The van der Waals surface area contributed by atoms with E-state index in [1.165, 1.54) is 47.0 Å². The number of hydrogen-bond acceptors (Lipinski definition) is 6. The van der Waals surface area contributed by atoms with Crippen LogP contribution in [0.2, 0.25) is 0 Å². The fraction of sp³-hybridized carbons (Fsp3) is 0.133. The predicted octanol–water partition coefficient (Wildman–Crippen LogP) is 7.14. The van der Waals surface area contributed by atoms with Crippen LogP contribution in [0.1, 0.15) is 44.4 Å². The second-order valence-electron chi connectivity index (χ2n) is 8.09. The van der Waals surface area contributed by atoms with Gasteiger partial charge >= 0.3 is 0 Å². The molecule has 7 heteroatoms. The number of rotatable bonds is 6. The Bertz CT molecular complexity index is 1290. The number of phenols is 3. The van der Waals surface area contributed by atoms with Gasteiger partial charge in [0.25, 0.3) is 0 Å². The minimum Gasteiger partial charge on any atom is -0.508 e. The number of benzene rings is 4. The molecule has 0 aliphatic heterocycles. The van der Waals surface area contributed by atoms with Crippen molar-refractivity contribution in [2.45, 2.75) is 25.8 Å². The number of halogens is 1. The maximum absolute atomic E-state index is 10.7. The van der Waals surface area contributed by atoms with E-state index in [1.54, 1.807) is 6.07 Å². The highest BCUT2D eigenvalue weighted by atomic mass is 79.9. The van der Waals surface area contributed by atoms with Crippen LogP contribution in [0, 0.1) is 13.8 Å². The standard InChI is InChI=1S/C15H14O3.C8H9Br.C7H6O3.H2/c1-11-2-4-12(5-3-11)10-18-14-6-7-15(17)13(8-14)9-16;1-7-2-4-8(6-9)5-3-7;8-4-5-3-6(9)1-2-7(5)10;/h2-9,17H,10H2,1H3;2-5H,6H2,1H3;1-4,9-10H;1H/i;;;1+1. The number of aromatic hydroxyl groups is 3. The summed E-state index contributed by atoms with van der Waals surface area (Å²) in [6.07, 6.45) is 1.09. The lowest BCUT2D eigenvalue weighted by Gasteiger charge is -2.07. The SMILES string of the molecule is Cc1ccc(CBr)cc1.Cc1ccc(COc2ccc(O)c(C=O)c2)cc1.O=Cc1cc(O)ccc1O.[2HH]. The van der Waals surface area contributed by atoms with Crippen molar-refractivity contribution in [1.29, 1.82) is 0 Å². The van der Waals surface area contributed by atoms with Crippen LogP contribution in [0.4, 0.5) is 0 Å². The first-order valence-corrected chi connectivity index (χ1v) is 12.4. The molecule has 0 aliphatic rings. The normalized spacial score (nSPS) is 9.70. The molecule has 0 heterocycles. The van der Waals surface area contributed by atoms with E-state index in [0.717, 1.165) is 10.9 Å². The highest BCUT2D eigenvalue weighted by molar-refractivity contribution is 9.08. The van der Waals surface area contributed by atoms with Crippen LogP contribution in [-0.2, 0) is 11.9 Å². The molecule has 0 aromatic heterocycles. The van der Waals surface area contributed by atoms with Gasteiger partial charge in [0.2, 0.25) is 0 Å². The highest BCUT2D eigenvalue weighted by Gasteiger charge is 2.03. The van der Waals surface area contributed by atoms with Crippen molar-refractivity contribution in [2.75, 3.05) is 0 Å². The molecule has 0 spiro atoms. The van der Waals surface area contributed by atoms with Crippen LogP contribution >= 0.6 is 15.9 Å². The Labute approximate surface area is 226 Å². The van der Waals surface area contributed by atoms with Gasteiger partial charge in [0.15, 0.2) is 12.6 Å². The molecule has 0 fully saturated rings. The largest absolute Gasteiger partial charge is 0.508 e. The summed E-state index contributed by atoms with van der Waals surface area (Å²) in [7, 11) is 0. The molecule has 0 atom stereocenters. The summed E-state index contributed by atoms with van der Waals surface area (Å²) in [6, 6.07) is 24.9. The number of alkyl halides is 1. The quantitative estimate of drug-likeness (QED) is 0.130. The third kappa shape index (κ3) is 10.2. The Balaban J connectivity index is 0.000000307. The molecule has 0 unspecified atom stereocenters. The van der Waals surface area contributed by atoms with E-state index in [4.69, 9.17) is 14.9 Å². The average Bonchev–Trinajstić information content (AvgIpc) is 2.91. The Morgan fingerprint density at radius 2 is 1.19 bits per heavy atom. The van der Waals surface area contributed by atoms with Gasteiger partial charge in [-0.15, -0.1) is 0 Å². The molecule has 4 aromatic rings. The van der Waals surface area contributed by atoms with Crippen LogP contribution in [0.15, 0.2) is 84.9 Å². The number of carbonyl (C=O) groups is 2. The van der Waals surface area contributed by atoms with Crippen molar-refractivity contribution in [2.24, 2.45) is 0 Å². The highest BCUT2D eigenvalue weighted by Crippen LogP contribution is 2.22. The van der Waals surface area contributed by atoms with Gasteiger partial charge in [-0.05, 0) is 61.4 Å². The van der Waals surface area contributed by atoms with Crippen LogP contribution < -0.4 is 4.74 Å². The third-order valence-corrected chi connectivity index (χ3v) is 5.71. The number of aryl methyl sites for hydroxylation is 2. The predicted molar refractivity (Wildman–Crippen MR) is 150 cm³/mol. The number of carbonyl (C=O) groups excluding carboxylic acids is 2. The molecular weight excluding hydrogens is 536 g/mol. The van der Waals surface area contributed by atoms with Crippen molar-refractivity contribution in [3.05, 3.63) is 118 Å². The summed E-state index contributed by atoms with van der Waals surface area (Å²) in [6.45, 7) is 4.56. The van der Waals surface area contributed by atoms with Gasteiger partial charge in [0.05, 0.1) is 11.1 Å². The summed E-state index contributed by atoms with van der Waals surface area (Å²) in [4.78, 5) is 20.8. The molecule has 0 aliphatic carbocycles. The van der Waals surface area contributed by atoms with Crippen LogP contribution in [0.3, 0.4) is 0 Å². The van der Waals surface area contributed by atoms with E-state index in [1.807, 2.05) is 31.2 Å². The molecule has 0 amide bonds. The third-order valence-electron chi connectivity index (χ3n) is 5.07. The molecule has 0 saturated carbocycles. The Hall–Kier alpha value is -4.10. The minimum atomic E-state index is -0.118. The molecule has 4 rings (SSSR count). The first kappa shape index (κ1) is 29.1. The number of ether oxygens (including phenoxy) is 1. The van der Waals surface area contributed by atoms with Gasteiger partial charge in [-0.1, -0.05) is 75.6 Å². The van der Waals surface area contributed by atoms with Gasteiger partial charge < -0.3 is 20.1 Å². The molecule has 0 bridgehead atoms. The summed E-state index contributed by atoms with van der Waals surface area (Å²) in [5.74, 6) is 0.385. The smallest absolute Gasteiger partial charge is 0.153 e. The van der Waals surface area contributed by atoms with Crippen LogP contribution in [-0.4, -0.2) is 27.9 Å². The Morgan fingerprint density at radius 1 is 0.703 bits per heavy atom. The molecule has 4 aromatic carbocycles. The van der Waals surface area contributed by atoms with Crippen LogP contribution in [0.25, 0.3) is 0 Å². The lowest BCUT2D eigenvalue weighted by atomic mass is 10.2. The van der Waals surface area contributed by atoms with Gasteiger partial charge in [0, 0.05) is 6.76 Å². The summed E-state index contributed by atoms with van der Waals surface area (Å²) < 4.78 is 5.56. The van der Waals surface area contributed by atoms with Crippen molar-refractivity contribution in [3.8, 4) is 23.0 Å². The summed E-state index contributed by atoms with van der Waals surface area (Å²) in [5, 5.41) is 28.0. The summed E-state index contributed by atoms with van der Waals surface area (Å²) >= 11 is 3.38. The zero-order valence-corrected chi connectivity index (χ0v) is 22.2. The molecule has 194 valence electrons. The lowest BCUT2D eigenvalue weighted by Crippen LogP contribution is -1.96. The maximum atomic E-state index is 10.7. The van der Waals surface area contributed by atoms with Crippen LogP contribution in [0.5, 0.6) is 23.0 Å². The maximum Gasteiger partial charge on any atom is 0.153 e. The van der Waals surface area contributed by atoms with E-state index in [0.29, 0.717) is 24.9 Å². The molecule has 6 nitrogen and oxygen atoms in total. The van der Waals surface area contributed by atoms with Gasteiger partial charge in [-0.25, -0.2) is 0 Å². The van der Waals surface area contributed by atoms with E-state index in [2.05, 4.69) is 47.1 Å². The second-order valence-corrected chi connectivity index (χ2v) is 8.65. The molecule has 3 N–H and O–H groups in total. The number of aldehydes is 2. The zero-order chi connectivity index (χ0) is 27.2. The fourth-order valence-electron chi connectivity index (χ4n) is 2.88. The van der Waals surface area contributed by atoms with Gasteiger partial charge in [-0.2, -0.15) is 0 Å². The Morgan fingerprint density at radius 3 is 1.68 bits per heavy atom. The first-order chi connectivity index (χ1) is 17.7.